The molecule has 3 rings (SSSR count). The summed E-state index contributed by atoms with van der Waals surface area (Å²) in [5.74, 6) is -0.0200. The Balaban J connectivity index is 1.80. The molecule has 1 aromatic heterocycles. The van der Waals surface area contributed by atoms with Crippen molar-refractivity contribution in [3.05, 3.63) is 71.6 Å². The number of carbonyl (C=O) groups excluding carboxylic acids is 2. The number of para-hydroxylation sites is 1. The second-order valence-corrected chi connectivity index (χ2v) is 6.75. The maximum Gasteiger partial charge on any atom is 0.248 e. The number of hydrogen-bond donors (Lipinski definition) is 2. The van der Waals surface area contributed by atoms with Crippen LogP contribution in [-0.4, -0.2) is 28.7 Å². The molecule has 0 saturated carbocycles. The number of benzene rings is 2. The molecule has 30 heavy (non-hydrogen) atoms. The third-order valence-corrected chi connectivity index (χ3v) is 4.53. The molecule has 0 bridgehead atoms. The van der Waals surface area contributed by atoms with E-state index >= 15 is 0 Å². The van der Waals surface area contributed by atoms with Crippen LogP contribution in [0, 0.1) is 13.8 Å². The first-order valence-corrected chi connectivity index (χ1v) is 9.45. The molecule has 0 spiro atoms. The molecule has 0 aliphatic rings. The zero-order chi connectivity index (χ0) is 21.7. The Morgan fingerprint density at radius 1 is 1.07 bits per heavy atom. The summed E-state index contributed by atoms with van der Waals surface area (Å²) in [5, 5.41) is 10.1. The van der Waals surface area contributed by atoms with Crippen molar-refractivity contribution in [3.63, 3.8) is 0 Å². The van der Waals surface area contributed by atoms with Gasteiger partial charge in [0, 0.05) is 29.9 Å². The normalized spacial score (nSPS) is 10.8. The van der Waals surface area contributed by atoms with Crippen LogP contribution in [0.4, 0.5) is 11.4 Å². The Bertz CT molecular complexity index is 1100. The second-order valence-electron chi connectivity index (χ2n) is 6.75. The van der Waals surface area contributed by atoms with Crippen LogP contribution in [0.1, 0.15) is 23.9 Å². The molecule has 0 aliphatic carbocycles. The van der Waals surface area contributed by atoms with Crippen molar-refractivity contribution in [1.29, 1.82) is 0 Å². The van der Waals surface area contributed by atoms with E-state index in [0.717, 1.165) is 22.6 Å². The van der Waals surface area contributed by atoms with Gasteiger partial charge in [0.2, 0.25) is 11.8 Å². The number of ether oxygens (including phenoxy) is 1. The molecule has 0 radical (unpaired) electrons. The van der Waals surface area contributed by atoms with Crippen LogP contribution in [0.2, 0.25) is 0 Å². The van der Waals surface area contributed by atoms with Gasteiger partial charge in [-0.1, -0.05) is 18.2 Å². The summed E-state index contributed by atoms with van der Waals surface area (Å²) in [6.45, 7) is 5.29. The van der Waals surface area contributed by atoms with Crippen LogP contribution < -0.4 is 15.4 Å². The monoisotopic (exact) mass is 404 g/mol. The summed E-state index contributed by atoms with van der Waals surface area (Å²) in [5.41, 5.74) is 4.64. The lowest BCUT2D eigenvalue weighted by Gasteiger charge is -2.11. The molecule has 2 aromatic carbocycles. The van der Waals surface area contributed by atoms with E-state index in [1.165, 1.54) is 20.1 Å². The van der Waals surface area contributed by atoms with Crippen molar-refractivity contribution >= 4 is 29.3 Å². The van der Waals surface area contributed by atoms with Gasteiger partial charge in [0.15, 0.2) is 0 Å². The van der Waals surface area contributed by atoms with E-state index in [1.54, 1.807) is 24.3 Å². The zero-order valence-corrected chi connectivity index (χ0v) is 17.4. The van der Waals surface area contributed by atoms with Gasteiger partial charge in [-0.3, -0.25) is 9.59 Å². The number of amides is 2. The fraction of sp³-hybridized carbons (Fsp3) is 0.174. The van der Waals surface area contributed by atoms with Crippen LogP contribution in [0.3, 0.4) is 0 Å². The van der Waals surface area contributed by atoms with Gasteiger partial charge in [0.1, 0.15) is 5.75 Å². The van der Waals surface area contributed by atoms with Gasteiger partial charge < -0.3 is 15.4 Å². The molecule has 2 N–H and O–H groups in total. The van der Waals surface area contributed by atoms with Gasteiger partial charge in [0.05, 0.1) is 24.2 Å². The van der Waals surface area contributed by atoms with Gasteiger partial charge >= 0.3 is 0 Å². The Morgan fingerprint density at radius 3 is 2.47 bits per heavy atom. The fourth-order valence-electron chi connectivity index (χ4n) is 3.14. The molecule has 3 aromatic rings. The Hall–Kier alpha value is -3.87. The summed E-state index contributed by atoms with van der Waals surface area (Å²) in [7, 11) is 1.52. The van der Waals surface area contributed by atoms with E-state index in [-0.39, 0.29) is 11.8 Å². The molecule has 154 valence electrons. The van der Waals surface area contributed by atoms with E-state index in [1.807, 2.05) is 48.9 Å². The van der Waals surface area contributed by atoms with Gasteiger partial charge in [-0.2, -0.15) is 5.10 Å². The number of rotatable bonds is 6. The quantitative estimate of drug-likeness (QED) is 0.606. The van der Waals surface area contributed by atoms with Crippen molar-refractivity contribution in [2.45, 2.75) is 20.8 Å². The molecular weight excluding hydrogens is 380 g/mol. The van der Waals surface area contributed by atoms with Crippen LogP contribution in [0.25, 0.3) is 11.8 Å². The predicted molar refractivity (Wildman–Crippen MR) is 118 cm³/mol. The highest BCUT2D eigenvalue weighted by molar-refractivity contribution is 6.03. The fourth-order valence-corrected chi connectivity index (χ4v) is 3.14. The standard InChI is InChI=1S/C23H24N4O3/c1-15-20(16(2)27(26-15)19-8-6-5-7-9-19)11-13-23(29)25-21-14-18(24-17(3)28)10-12-22(21)30-4/h5-14H,1-4H3,(H,24,28)(H,25,29). The van der Waals surface area contributed by atoms with E-state index in [9.17, 15) is 9.59 Å². The number of aromatic nitrogens is 2. The maximum absolute atomic E-state index is 12.5. The van der Waals surface area contributed by atoms with Gasteiger partial charge in [-0.25, -0.2) is 4.68 Å². The average Bonchev–Trinajstić information content (AvgIpc) is 3.00. The number of aryl methyl sites for hydroxylation is 1. The number of carbonyl (C=O) groups is 2. The van der Waals surface area contributed by atoms with Gasteiger partial charge in [-0.15, -0.1) is 0 Å². The van der Waals surface area contributed by atoms with Crippen molar-refractivity contribution < 1.29 is 14.3 Å². The lowest BCUT2D eigenvalue weighted by atomic mass is 10.1. The number of hydrogen-bond acceptors (Lipinski definition) is 4. The lowest BCUT2D eigenvalue weighted by Crippen LogP contribution is -2.11. The summed E-state index contributed by atoms with van der Waals surface area (Å²) >= 11 is 0. The minimum atomic E-state index is -0.320. The van der Waals surface area contributed by atoms with Crippen LogP contribution in [0.15, 0.2) is 54.6 Å². The Kier molecular flexibility index (Phi) is 6.32. The first-order chi connectivity index (χ1) is 14.4. The number of nitrogens with one attached hydrogen (secondary N) is 2. The number of methoxy groups -OCH3 is 1. The largest absolute Gasteiger partial charge is 0.495 e. The van der Waals surface area contributed by atoms with Gasteiger partial charge in [0.25, 0.3) is 0 Å². The average molecular weight is 404 g/mol. The molecule has 7 heteroatoms. The highest BCUT2D eigenvalue weighted by Gasteiger charge is 2.12. The van der Waals surface area contributed by atoms with Crippen LogP contribution >= 0.6 is 0 Å². The maximum atomic E-state index is 12.5. The first kappa shape index (κ1) is 20.9. The van der Waals surface area contributed by atoms with Crippen LogP contribution in [-0.2, 0) is 9.59 Å². The predicted octanol–water partition coefficient (Wildman–Crippen LogP) is 4.11. The highest BCUT2D eigenvalue weighted by Crippen LogP contribution is 2.28. The molecule has 0 atom stereocenters. The van der Waals surface area contributed by atoms with E-state index in [4.69, 9.17) is 4.74 Å². The molecule has 0 aliphatic heterocycles. The minimum absolute atomic E-state index is 0.196. The van der Waals surface area contributed by atoms with Crippen molar-refractivity contribution in [2.75, 3.05) is 17.7 Å². The minimum Gasteiger partial charge on any atom is -0.495 e. The highest BCUT2D eigenvalue weighted by atomic mass is 16.5. The van der Waals surface area contributed by atoms with E-state index in [2.05, 4.69) is 15.7 Å². The summed E-state index contributed by atoms with van der Waals surface area (Å²) in [6, 6.07) is 14.9. The van der Waals surface area contributed by atoms with Crippen molar-refractivity contribution in [3.8, 4) is 11.4 Å². The molecule has 0 fully saturated rings. The van der Waals surface area contributed by atoms with Gasteiger partial charge in [-0.05, 0) is 50.3 Å². The third kappa shape index (κ3) is 4.75. The topological polar surface area (TPSA) is 85.2 Å². The summed E-state index contributed by atoms with van der Waals surface area (Å²) < 4.78 is 7.15. The summed E-state index contributed by atoms with van der Waals surface area (Å²) in [4.78, 5) is 23.8. The van der Waals surface area contributed by atoms with Crippen molar-refractivity contribution in [2.24, 2.45) is 0 Å². The third-order valence-electron chi connectivity index (χ3n) is 4.53. The van der Waals surface area contributed by atoms with Crippen LogP contribution in [0.5, 0.6) is 5.75 Å². The number of anilines is 2. The SMILES string of the molecule is COc1ccc(NC(C)=O)cc1NC(=O)C=Cc1c(C)nn(-c2ccccc2)c1C. The van der Waals surface area contributed by atoms with E-state index in [0.29, 0.717) is 17.1 Å². The Labute approximate surface area is 175 Å². The molecule has 0 saturated heterocycles. The molecule has 2 amide bonds. The molecule has 7 nitrogen and oxygen atoms in total. The lowest BCUT2D eigenvalue weighted by molar-refractivity contribution is -0.114. The summed E-state index contributed by atoms with van der Waals surface area (Å²) in [6.07, 6.45) is 3.20. The molecular formula is C23H24N4O3. The zero-order valence-electron chi connectivity index (χ0n) is 17.4. The second kappa shape index (κ2) is 9.09. The van der Waals surface area contributed by atoms with E-state index < -0.39 is 0 Å². The smallest absolute Gasteiger partial charge is 0.248 e. The number of nitrogens with zero attached hydrogens (tertiary/aromatic N) is 2. The first-order valence-electron chi connectivity index (χ1n) is 9.45. The van der Waals surface area contributed by atoms with Crippen molar-refractivity contribution in [1.82, 2.24) is 9.78 Å². The molecule has 1 heterocycles. The Morgan fingerprint density at radius 2 is 1.80 bits per heavy atom. The molecule has 0 unspecified atom stereocenters.